The monoisotopic (exact) mass is 390 g/mol. The van der Waals surface area contributed by atoms with E-state index in [1.807, 2.05) is 6.07 Å². The number of ketones is 1. The van der Waals surface area contributed by atoms with Crippen molar-refractivity contribution in [3.05, 3.63) is 35.9 Å². The number of Topliss-reactive ketones (excluding diaryl/α,β-unsaturated/α-hetero) is 1. The Morgan fingerprint density at radius 1 is 1.00 bits per heavy atom. The number of rotatable bonds is 6. The maximum atomic E-state index is 12.8. The highest BCUT2D eigenvalue weighted by Crippen LogP contribution is 2.48. The fourth-order valence-electron chi connectivity index (χ4n) is 3.88. The van der Waals surface area contributed by atoms with Crippen molar-refractivity contribution in [3.8, 4) is 0 Å². The van der Waals surface area contributed by atoms with Gasteiger partial charge in [0.25, 0.3) is 0 Å². The van der Waals surface area contributed by atoms with E-state index in [0.717, 1.165) is 12.8 Å². The standard InChI is InChI=1S/C21H26O7/c1-3-25-19(23)17-18(20(24)26-4-2)28-21(27-17,14-10-6-5-7-11-14)15-12-8-9-13-16(15)22/h5-7,10-11,15,17-18H,3-4,8-9,12-13H2,1-2H3/t15-,17+,18+/m0/s1. The Morgan fingerprint density at radius 2 is 1.57 bits per heavy atom. The summed E-state index contributed by atoms with van der Waals surface area (Å²) in [5, 5.41) is 0. The molecule has 2 aliphatic rings. The normalized spacial score (nSPS) is 26.6. The largest absolute Gasteiger partial charge is 0.464 e. The van der Waals surface area contributed by atoms with Gasteiger partial charge in [-0.05, 0) is 26.7 Å². The first-order valence-corrected chi connectivity index (χ1v) is 9.80. The molecule has 3 rings (SSSR count). The molecule has 0 amide bonds. The van der Waals surface area contributed by atoms with Crippen LogP contribution in [0.4, 0.5) is 0 Å². The molecule has 7 heteroatoms. The van der Waals surface area contributed by atoms with Crippen LogP contribution in [-0.2, 0) is 39.1 Å². The Morgan fingerprint density at radius 3 is 2.07 bits per heavy atom. The average Bonchev–Trinajstić information content (AvgIpc) is 3.11. The molecule has 1 aliphatic heterocycles. The minimum atomic E-state index is -1.52. The summed E-state index contributed by atoms with van der Waals surface area (Å²) in [5.41, 5.74) is 0.594. The topological polar surface area (TPSA) is 88.1 Å². The zero-order valence-electron chi connectivity index (χ0n) is 16.2. The van der Waals surface area contributed by atoms with E-state index in [2.05, 4.69) is 0 Å². The second-order valence-corrected chi connectivity index (χ2v) is 6.88. The smallest absolute Gasteiger partial charge is 0.338 e. The molecular weight excluding hydrogens is 364 g/mol. The molecule has 0 radical (unpaired) electrons. The summed E-state index contributed by atoms with van der Waals surface area (Å²) >= 11 is 0. The molecule has 1 saturated carbocycles. The Balaban J connectivity index is 2.04. The third-order valence-corrected chi connectivity index (χ3v) is 5.11. The van der Waals surface area contributed by atoms with Gasteiger partial charge >= 0.3 is 11.9 Å². The van der Waals surface area contributed by atoms with Crippen molar-refractivity contribution >= 4 is 17.7 Å². The maximum absolute atomic E-state index is 12.8. The lowest BCUT2D eigenvalue weighted by atomic mass is 9.79. The number of hydrogen-bond acceptors (Lipinski definition) is 7. The van der Waals surface area contributed by atoms with Crippen molar-refractivity contribution in [2.45, 2.75) is 57.5 Å². The predicted molar refractivity (Wildman–Crippen MR) is 98.1 cm³/mol. The van der Waals surface area contributed by atoms with E-state index in [9.17, 15) is 14.4 Å². The number of esters is 2. The van der Waals surface area contributed by atoms with Crippen LogP contribution >= 0.6 is 0 Å². The fraction of sp³-hybridized carbons (Fsp3) is 0.571. The average molecular weight is 390 g/mol. The quantitative estimate of drug-likeness (QED) is 0.690. The van der Waals surface area contributed by atoms with E-state index in [0.29, 0.717) is 18.4 Å². The van der Waals surface area contributed by atoms with Gasteiger partial charge in [-0.1, -0.05) is 36.8 Å². The molecule has 1 heterocycles. The molecule has 7 nitrogen and oxygen atoms in total. The minimum absolute atomic E-state index is 0.00206. The third kappa shape index (κ3) is 3.82. The summed E-state index contributed by atoms with van der Waals surface area (Å²) in [7, 11) is 0. The molecule has 0 aromatic heterocycles. The molecular formula is C21H26O7. The van der Waals surface area contributed by atoms with Crippen molar-refractivity contribution in [1.82, 2.24) is 0 Å². The molecule has 1 aromatic rings. The SMILES string of the molecule is CCOC(=O)[C@@H]1OC(c2ccccc2)([C@H]2CCCCC2=O)O[C@H]1C(=O)OCC. The number of benzene rings is 1. The molecule has 1 saturated heterocycles. The van der Waals surface area contributed by atoms with Crippen molar-refractivity contribution in [1.29, 1.82) is 0 Å². The second-order valence-electron chi connectivity index (χ2n) is 6.88. The molecule has 1 aromatic carbocycles. The Kier molecular flexibility index (Phi) is 6.46. The number of carbonyl (C=O) groups is 3. The summed E-state index contributed by atoms with van der Waals surface area (Å²) in [6.45, 7) is 3.61. The van der Waals surface area contributed by atoms with Crippen molar-refractivity contribution in [3.63, 3.8) is 0 Å². The van der Waals surface area contributed by atoms with Crippen LogP contribution in [0.3, 0.4) is 0 Å². The van der Waals surface area contributed by atoms with Crippen LogP contribution in [0, 0.1) is 5.92 Å². The first kappa shape index (κ1) is 20.5. The summed E-state index contributed by atoms with van der Waals surface area (Å²) in [6.07, 6.45) is 0.0241. The van der Waals surface area contributed by atoms with Gasteiger partial charge in [-0.2, -0.15) is 0 Å². The van der Waals surface area contributed by atoms with Gasteiger partial charge in [0.05, 0.1) is 19.1 Å². The van der Waals surface area contributed by atoms with Gasteiger partial charge in [0.2, 0.25) is 5.79 Å². The van der Waals surface area contributed by atoms with Crippen LogP contribution in [0.1, 0.15) is 45.1 Å². The summed E-state index contributed by atoms with van der Waals surface area (Å²) < 4.78 is 22.4. The zero-order chi connectivity index (χ0) is 20.1. The predicted octanol–water partition coefficient (Wildman–Crippen LogP) is 2.51. The van der Waals surface area contributed by atoms with Crippen molar-refractivity contribution in [2.75, 3.05) is 13.2 Å². The molecule has 2 fully saturated rings. The van der Waals surface area contributed by atoms with Gasteiger partial charge in [0.15, 0.2) is 12.2 Å². The lowest BCUT2D eigenvalue weighted by Gasteiger charge is -2.37. The molecule has 1 aliphatic carbocycles. The van der Waals surface area contributed by atoms with Crippen LogP contribution in [0.5, 0.6) is 0 Å². The number of ether oxygens (including phenoxy) is 4. The lowest BCUT2D eigenvalue weighted by Crippen LogP contribution is -2.43. The Labute approximate surface area is 164 Å². The van der Waals surface area contributed by atoms with Gasteiger partial charge in [-0.25, -0.2) is 9.59 Å². The third-order valence-electron chi connectivity index (χ3n) is 5.11. The van der Waals surface area contributed by atoms with Gasteiger partial charge in [0, 0.05) is 12.0 Å². The van der Waals surface area contributed by atoms with E-state index < -0.39 is 35.9 Å². The van der Waals surface area contributed by atoms with Gasteiger partial charge in [-0.15, -0.1) is 0 Å². The molecule has 0 N–H and O–H groups in total. The summed E-state index contributed by atoms with van der Waals surface area (Å²) in [5.74, 6) is -3.54. The number of hydrogen-bond donors (Lipinski definition) is 0. The number of carbonyl (C=O) groups excluding carboxylic acids is 3. The van der Waals surface area contributed by atoms with Crippen LogP contribution in [0.2, 0.25) is 0 Å². The molecule has 3 atom stereocenters. The first-order valence-electron chi connectivity index (χ1n) is 9.80. The minimum Gasteiger partial charge on any atom is -0.464 e. The van der Waals surface area contributed by atoms with E-state index in [-0.39, 0.29) is 19.0 Å². The maximum Gasteiger partial charge on any atom is 0.338 e. The van der Waals surface area contributed by atoms with Gasteiger partial charge in [-0.3, -0.25) is 4.79 Å². The highest BCUT2D eigenvalue weighted by molar-refractivity contribution is 5.87. The van der Waals surface area contributed by atoms with Crippen LogP contribution in [0.15, 0.2) is 30.3 Å². The molecule has 0 bridgehead atoms. The van der Waals surface area contributed by atoms with E-state index >= 15 is 0 Å². The Hall–Kier alpha value is -2.25. The zero-order valence-corrected chi connectivity index (χ0v) is 16.2. The molecule has 28 heavy (non-hydrogen) atoms. The molecule has 0 unspecified atom stereocenters. The molecule has 152 valence electrons. The first-order chi connectivity index (χ1) is 13.5. The van der Waals surface area contributed by atoms with E-state index in [1.54, 1.807) is 38.1 Å². The van der Waals surface area contributed by atoms with Crippen LogP contribution < -0.4 is 0 Å². The van der Waals surface area contributed by atoms with E-state index in [1.165, 1.54) is 0 Å². The van der Waals surface area contributed by atoms with E-state index in [4.69, 9.17) is 18.9 Å². The summed E-state index contributed by atoms with van der Waals surface area (Å²) in [4.78, 5) is 37.8. The summed E-state index contributed by atoms with van der Waals surface area (Å²) in [6, 6.07) is 8.98. The van der Waals surface area contributed by atoms with Crippen LogP contribution in [-0.4, -0.2) is 43.1 Å². The van der Waals surface area contributed by atoms with Crippen LogP contribution in [0.25, 0.3) is 0 Å². The van der Waals surface area contributed by atoms with Crippen molar-refractivity contribution in [2.24, 2.45) is 5.92 Å². The van der Waals surface area contributed by atoms with Crippen molar-refractivity contribution < 1.29 is 33.3 Å². The fourth-order valence-corrected chi connectivity index (χ4v) is 3.88. The highest BCUT2D eigenvalue weighted by Gasteiger charge is 2.60. The second kappa shape index (κ2) is 8.84. The highest BCUT2D eigenvalue weighted by atomic mass is 16.8. The van der Waals surface area contributed by atoms with Gasteiger partial charge < -0.3 is 18.9 Å². The lowest BCUT2D eigenvalue weighted by molar-refractivity contribution is -0.227. The Bertz CT molecular complexity index is 689. The van der Waals surface area contributed by atoms with Gasteiger partial charge in [0.1, 0.15) is 5.78 Å². The molecule has 0 spiro atoms.